The molecule has 0 saturated carbocycles. The molecule has 0 fully saturated rings. The number of nitrogens with zero attached hydrogens (tertiary/aromatic N) is 1. The van der Waals surface area contributed by atoms with Crippen molar-refractivity contribution in [2.45, 2.75) is 6.92 Å². The zero-order chi connectivity index (χ0) is 17.2. The first-order valence-corrected chi connectivity index (χ1v) is 9.08. The average molecular weight is 376 g/mol. The number of halogens is 2. The largest absolute Gasteiger partial charge is 0.456 e. The molecule has 0 saturated heterocycles. The molecule has 1 unspecified atom stereocenters. The Morgan fingerprint density at radius 1 is 1.26 bits per heavy atom. The number of hydrogen-bond acceptors (Lipinski definition) is 4. The number of nitro benzene ring substituents is 1. The van der Waals surface area contributed by atoms with Crippen LogP contribution in [-0.4, -0.2) is 16.0 Å². The predicted molar refractivity (Wildman–Crippen MR) is 89.6 cm³/mol. The van der Waals surface area contributed by atoms with Gasteiger partial charge in [0.15, 0.2) is 0 Å². The van der Waals surface area contributed by atoms with E-state index in [-0.39, 0.29) is 28.0 Å². The third-order valence-corrected chi connectivity index (χ3v) is 5.57. The van der Waals surface area contributed by atoms with Crippen molar-refractivity contribution in [3.05, 3.63) is 56.6 Å². The second-order valence-electron chi connectivity index (χ2n) is 4.60. The van der Waals surface area contributed by atoms with Crippen LogP contribution in [0.4, 0.5) is 5.69 Å². The van der Waals surface area contributed by atoms with Crippen LogP contribution in [0.15, 0.2) is 36.4 Å². The molecular formula is C14H12Cl2NO5P. The number of hydrogen-bond donors (Lipinski definition) is 1. The number of ether oxygens (including phenoxy) is 1. The topological polar surface area (TPSA) is 89.7 Å². The molecule has 0 aliphatic carbocycles. The van der Waals surface area contributed by atoms with Gasteiger partial charge in [-0.15, -0.1) is 0 Å². The SMILES string of the molecule is CCP(=O)(O)c1cc(Oc2ccc(Cl)cc2Cl)ccc1[N+](=O)[O-]. The van der Waals surface area contributed by atoms with E-state index in [0.29, 0.717) is 5.02 Å². The van der Waals surface area contributed by atoms with Crippen molar-refractivity contribution in [1.82, 2.24) is 0 Å². The van der Waals surface area contributed by atoms with Crippen molar-refractivity contribution in [3.8, 4) is 11.5 Å². The number of rotatable bonds is 5. The van der Waals surface area contributed by atoms with Crippen molar-refractivity contribution in [3.63, 3.8) is 0 Å². The Kier molecular flexibility index (Phi) is 5.32. The Labute approximate surface area is 142 Å². The Hall–Kier alpha value is -1.59. The van der Waals surface area contributed by atoms with Crippen molar-refractivity contribution < 1.29 is 19.1 Å². The molecule has 0 aliphatic rings. The molecule has 122 valence electrons. The van der Waals surface area contributed by atoms with Crippen LogP contribution in [0.1, 0.15) is 6.92 Å². The van der Waals surface area contributed by atoms with Crippen molar-refractivity contribution in [1.29, 1.82) is 0 Å². The minimum atomic E-state index is -3.84. The summed E-state index contributed by atoms with van der Waals surface area (Å²) in [5.41, 5.74) is -0.424. The fraction of sp³-hybridized carbons (Fsp3) is 0.143. The molecule has 0 bridgehead atoms. The van der Waals surface area contributed by atoms with E-state index in [1.807, 2.05) is 0 Å². The summed E-state index contributed by atoms with van der Waals surface area (Å²) in [5.74, 6) is 0.442. The summed E-state index contributed by atoms with van der Waals surface area (Å²) in [6.45, 7) is 1.48. The highest BCUT2D eigenvalue weighted by atomic mass is 35.5. The molecule has 2 aromatic rings. The second-order valence-corrected chi connectivity index (χ2v) is 7.96. The van der Waals surface area contributed by atoms with Crippen LogP contribution in [0.5, 0.6) is 11.5 Å². The van der Waals surface area contributed by atoms with Gasteiger partial charge in [0.2, 0.25) is 7.37 Å². The zero-order valence-electron chi connectivity index (χ0n) is 11.9. The van der Waals surface area contributed by atoms with E-state index in [1.165, 1.54) is 31.2 Å². The molecule has 0 amide bonds. The van der Waals surface area contributed by atoms with Crippen LogP contribution in [0.25, 0.3) is 0 Å². The molecule has 9 heteroatoms. The van der Waals surface area contributed by atoms with Gasteiger partial charge in [0.05, 0.1) is 9.95 Å². The zero-order valence-corrected chi connectivity index (χ0v) is 14.3. The van der Waals surface area contributed by atoms with E-state index in [0.717, 1.165) is 6.07 Å². The minimum absolute atomic E-state index is 0.126. The Morgan fingerprint density at radius 2 is 1.96 bits per heavy atom. The molecule has 0 aromatic heterocycles. The van der Waals surface area contributed by atoms with E-state index in [9.17, 15) is 19.6 Å². The van der Waals surface area contributed by atoms with Crippen LogP contribution < -0.4 is 10.0 Å². The third kappa shape index (κ3) is 4.03. The molecule has 1 N–H and O–H groups in total. The van der Waals surface area contributed by atoms with Gasteiger partial charge < -0.3 is 9.63 Å². The summed E-state index contributed by atoms with van der Waals surface area (Å²) >= 11 is 11.8. The lowest BCUT2D eigenvalue weighted by atomic mass is 10.3. The lowest BCUT2D eigenvalue weighted by Crippen LogP contribution is -2.12. The molecule has 6 nitrogen and oxygen atoms in total. The molecule has 23 heavy (non-hydrogen) atoms. The molecule has 0 spiro atoms. The van der Waals surface area contributed by atoms with Gasteiger partial charge in [-0.25, -0.2) is 0 Å². The molecule has 2 rings (SSSR count). The van der Waals surface area contributed by atoms with E-state index in [4.69, 9.17) is 27.9 Å². The second kappa shape index (κ2) is 6.89. The monoisotopic (exact) mass is 375 g/mol. The van der Waals surface area contributed by atoms with Crippen LogP contribution in [0, 0.1) is 10.1 Å². The molecular weight excluding hydrogens is 364 g/mol. The van der Waals surface area contributed by atoms with Crippen molar-refractivity contribution >= 4 is 41.6 Å². The van der Waals surface area contributed by atoms with Gasteiger partial charge in [0, 0.05) is 23.3 Å². The lowest BCUT2D eigenvalue weighted by Gasteiger charge is -2.13. The first-order chi connectivity index (χ1) is 10.7. The highest BCUT2D eigenvalue weighted by Crippen LogP contribution is 2.43. The van der Waals surface area contributed by atoms with Gasteiger partial charge in [-0.3, -0.25) is 14.7 Å². The maximum atomic E-state index is 12.2. The lowest BCUT2D eigenvalue weighted by molar-refractivity contribution is -0.383. The summed E-state index contributed by atoms with van der Waals surface area (Å²) < 4.78 is 17.7. The Bertz CT molecular complexity index is 812. The molecule has 0 heterocycles. The average Bonchev–Trinajstić information content (AvgIpc) is 2.49. The highest BCUT2D eigenvalue weighted by Gasteiger charge is 2.29. The standard InChI is InChI=1S/C14H12Cl2NO5P/c1-2-23(20,21)14-8-10(4-5-12(14)17(18)19)22-13-6-3-9(15)7-11(13)16/h3-8H,2H2,1H3,(H,20,21). The van der Waals surface area contributed by atoms with Crippen LogP contribution >= 0.6 is 30.6 Å². The molecule has 0 aliphatic heterocycles. The summed E-state index contributed by atoms with van der Waals surface area (Å²) in [5, 5.41) is 11.5. The molecule has 1 atom stereocenters. The highest BCUT2D eigenvalue weighted by molar-refractivity contribution is 7.66. The van der Waals surface area contributed by atoms with Gasteiger partial charge in [-0.1, -0.05) is 30.1 Å². The quantitative estimate of drug-likeness (QED) is 0.468. The van der Waals surface area contributed by atoms with E-state index < -0.39 is 18.0 Å². The minimum Gasteiger partial charge on any atom is -0.456 e. The maximum Gasteiger partial charge on any atom is 0.282 e. The first-order valence-electron chi connectivity index (χ1n) is 6.48. The number of nitro groups is 1. The third-order valence-electron chi connectivity index (χ3n) is 3.07. The fourth-order valence-electron chi connectivity index (χ4n) is 1.86. The number of benzene rings is 2. The first kappa shape index (κ1) is 17.8. The van der Waals surface area contributed by atoms with Crippen molar-refractivity contribution in [2.24, 2.45) is 0 Å². The smallest absolute Gasteiger partial charge is 0.282 e. The fourth-order valence-corrected chi connectivity index (χ4v) is 3.49. The maximum absolute atomic E-state index is 12.2. The Balaban J connectivity index is 2.47. The van der Waals surface area contributed by atoms with Crippen molar-refractivity contribution in [2.75, 3.05) is 6.16 Å². The summed E-state index contributed by atoms with van der Waals surface area (Å²) in [6.07, 6.45) is -0.126. The van der Waals surface area contributed by atoms with Gasteiger partial charge in [-0.2, -0.15) is 0 Å². The normalized spacial score (nSPS) is 13.4. The van der Waals surface area contributed by atoms with Crippen LogP contribution in [-0.2, 0) is 4.57 Å². The van der Waals surface area contributed by atoms with Gasteiger partial charge in [0.1, 0.15) is 16.8 Å². The predicted octanol–water partition coefficient (Wildman–Crippen LogP) is 4.61. The summed E-state index contributed by atoms with van der Waals surface area (Å²) in [7, 11) is -3.84. The van der Waals surface area contributed by atoms with Crippen LogP contribution in [0.2, 0.25) is 10.0 Å². The van der Waals surface area contributed by atoms with E-state index in [1.54, 1.807) is 6.07 Å². The Morgan fingerprint density at radius 3 is 2.52 bits per heavy atom. The van der Waals surface area contributed by atoms with E-state index in [2.05, 4.69) is 0 Å². The summed E-state index contributed by atoms with van der Waals surface area (Å²) in [4.78, 5) is 20.3. The van der Waals surface area contributed by atoms with Gasteiger partial charge in [0.25, 0.3) is 5.69 Å². The molecule has 2 aromatic carbocycles. The summed E-state index contributed by atoms with van der Waals surface area (Å²) in [6, 6.07) is 8.23. The van der Waals surface area contributed by atoms with Gasteiger partial charge in [-0.05, 0) is 24.3 Å². The van der Waals surface area contributed by atoms with E-state index >= 15 is 0 Å². The molecule has 0 radical (unpaired) electrons. The van der Waals surface area contributed by atoms with Gasteiger partial charge >= 0.3 is 0 Å². The van der Waals surface area contributed by atoms with Crippen LogP contribution in [0.3, 0.4) is 0 Å².